The molecule has 180 valence electrons. The largest absolute Gasteiger partial charge is 0.487 e. The fourth-order valence-corrected chi connectivity index (χ4v) is 4.63. The van der Waals surface area contributed by atoms with E-state index in [1.807, 2.05) is 63.2 Å². The highest BCUT2D eigenvalue weighted by atomic mass is 32.2. The van der Waals surface area contributed by atoms with Gasteiger partial charge in [0, 0.05) is 42.4 Å². The number of hydrogen-bond acceptors (Lipinski definition) is 8. The molecule has 34 heavy (non-hydrogen) atoms. The molecule has 1 saturated carbocycles. The summed E-state index contributed by atoms with van der Waals surface area (Å²) in [5.74, 6) is 2.71. The van der Waals surface area contributed by atoms with E-state index >= 15 is 0 Å². The Labute approximate surface area is 204 Å². The van der Waals surface area contributed by atoms with Gasteiger partial charge in [0.25, 0.3) is 0 Å². The Morgan fingerprint density at radius 1 is 1.21 bits per heavy atom. The molecule has 1 amide bonds. The van der Waals surface area contributed by atoms with Crippen LogP contribution in [0.3, 0.4) is 0 Å². The van der Waals surface area contributed by atoms with E-state index in [1.54, 1.807) is 0 Å². The van der Waals surface area contributed by atoms with Crippen molar-refractivity contribution < 1.29 is 9.53 Å². The molecule has 1 aliphatic carbocycles. The number of rotatable bonds is 9. The fourth-order valence-electron chi connectivity index (χ4n) is 3.88. The molecule has 10 heteroatoms. The number of aromatic amines is 1. The third-order valence-electron chi connectivity index (χ3n) is 5.55. The molecule has 0 aliphatic heterocycles. The van der Waals surface area contributed by atoms with Gasteiger partial charge in [0.2, 0.25) is 11.7 Å². The average Bonchev–Trinajstić information content (AvgIpc) is 3.49. The molecular formula is C24H31N7O2S. The Morgan fingerprint density at radius 2 is 1.94 bits per heavy atom. The zero-order valence-corrected chi connectivity index (χ0v) is 20.8. The second-order valence-corrected chi connectivity index (χ2v) is 9.53. The highest BCUT2D eigenvalue weighted by Crippen LogP contribution is 2.37. The molecule has 0 unspecified atom stereocenters. The molecule has 1 aliphatic rings. The van der Waals surface area contributed by atoms with E-state index in [0.717, 1.165) is 42.0 Å². The first-order chi connectivity index (χ1) is 16.4. The van der Waals surface area contributed by atoms with Crippen LogP contribution < -0.4 is 20.3 Å². The molecule has 3 aromatic rings. The Kier molecular flexibility index (Phi) is 7.56. The van der Waals surface area contributed by atoms with E-state index in [-0.39, 0.29) is 11.8 Å². The van der Waals surface area contributed by atoms with Gasteiger partial charge in [-0.1, -0.05) is 12.8 Å². The summed E-state index contributed by atoms with van der Waals surface area (Å²) in [6, 6.07) is 9.67. The van der Waals surface area contributed by atoms with Crippen molar-refractivity contribution in [3.8, 4) is 5.75 Å². The molecule has 0 spiro atoms. The minimum absolute atomic E-state index is 0.118. The fraction of sp³-hybridized carbons (Fsp3) is 0.417. The van der Waals surface area contributed by atoms with E-state index < -0.39 is 0 Å². The van der Waals surface area contributed by atoms with Crippen molar-refractivity contribution in [3.63, 3.8) is 0 Å². The van der Waals surface area contributed by atoms with E-state index in [4.69, 9.17) is 14.7 Å². The summed E-state index contributed by atoms with van der Waals surface area (Å²) >= 11 is 1.44. The van der Waals surface area contributed by atoms with Crippen LogP contribution in [0.5, 0.6) is 5.75 Å². The van der Waals surface area contributed by atoms with Crippen molar-refractivity contribution in [2.75, 3.05) is 36.2 Å². The zero-order chi connectivity index (χ0) is 24.1. The number of ether oxygens (including phenoxy) is 1. The van der Waals surface area contributed by atoms with Gasteiger partial charge in [-0.3, -0.25) is 9.89 Å². The quantitative estimate of drug-likeness (QED) is 0.367. The van der Waals surface area contributed by atoms with Crippen LogP contribution in [-0.4, -0.2) is 46.8 Å². The van der Waals surface area contributed by atoms with Crippen LogP contribution in [0.2, 0.25) is 0 Å². The number of H-pyrrole nitrogens is 1. The number of anilines is 4. The highest BCUT2D eigenvalue weighted by Gasteiger charge is 2.23. The maximum absolute atomic E-state index is 12.4. The normalized spacial score (nSPS) is 13.6. The lowest BCUT2D eigenvalue weighted by atomic mass is 10.1. The number of aryl methyl sites for hydroxylation is 1. The van der Waals surface area contributed by atoms with Gasteiger partial charge in [-0.2, -0.15) is 5.10 Å². The molecule has 2 aromatic heterocycles. The standard InChI is InChI=1S/C24H31N7O2S/c1-5-33-20-21(26-19-14-15(2)29-30-19)27-24(28-22(20)31(3)4)34-18-12-10-17(11-13-18)25-23(32)16-8-6-7-9-16/h10-14,16H,5-9H2,1-4H3,(H,25,32)(H2,26,27,28,29,30). The molecule has 0 bridgehead atoms. The average molecular weight is 482 g/mol. The molecule has 3 N–H and O–H groups in total. The van der Waals surface area contributed by atoms with Gasteiger partial charge in [0.1, 0.15) is 0 Å². The van der Waals surface area contributed by atoms with Crippen molar-refractivity contribution >= 4 is 40.8 Å². The smallest absolute Gasteiger partial charge is 0.227 e. The lowest BCUT2D eigenvalue weighted by Gasteiger charge is -2.19. The van der Waals surface area contributed by atoms with E-state index in [0.29, 0.717) is 35.0 Å². The summed E-state index contributed by atoms with van der Waals surface area (Å²) in [6.07, 6.45) is 4.25. The summed E-state index contributed by atoms with van der Waals surface area (Å²) in [5, 5.41) is 14.0. The second kappa shape index (κ2) is 10.8. The lowest BCUT2D eigenvalue weighted by Crippen LogP contribution is -2.20. The van der Waals surface area contributed by atoms with Crippen molar-refractivity contribution in [2.24, 2.45) is 5.92 Å². The minimum Gasteiger partial charge on any atom is -0.487 e. The van der Waals surface area contributed by atoms with Crippen molar-refractivity contribution in [1.82, 2.24) is 20.2 Å². The Morgan fingerprint density at radius 3 is 2.56 bits per heavy atom. The number of carbonyl (C=O) groups is 1. The van der Waals surface area contributed by atoms with Gasteiger partial charge in [0.05, 0.1) is 6.61 Å². The number of hydrogen-bond donors (Lipinski definition) is 3. The van der Waals surface area contributed by atoms with Crippen LogP contribution in [0.4, 0.5) is 23.1 Å². The van der Waals surface area contributed by atoms with Gasteiger partial charge in [-0.25, -0.2) is 9.97 Å². The van der Waals surface area contributed by atoms with E-state index in [9.17, 15) is 4.79 Å². The van der Waals surface area contributed by atoms with Gasteiger partial charge < -0.3 is 20.3 Å². The van der Waals surface area contributed by atoms with E-state index in [2.05, 4.69) is 20.8 Å². The number of amides is 1. The SMILES string of the molecule is CCOc1c(Nc2cc(C)[nH]n2)nc(Sc2ccc(NC(=O)C3CCCC3)cc2)nc1N(C)C. The van der Waals surface area contributed by atoms with Crippen LogP contribution in [0.25, 0.3) is 0 Å². The van der Waals surface area contributed by atoms with Gasteiger partial charge >= 0.3 is 0 Å². The van der Waals surface area contributed by atoms with Crippen LogP contribution in [0, 0.1) is 12.8 Å². The van der Waals surface area contributed by atoms with E-state index in [1.165, 1.54) is 11.8 Å². The maximum Gasteiger partial charge on any atom is 0.227 e. The minimum atomic E-state index is 0.118. The van der Waals surface area contributed by atoms with Crippen molar-refractivity contribution in [2.45, 2.75) is 49.6 Å². The molecule has 0 saturated heterocycles. The van der Waals surface area contributed by atoms with Crippen LogP contribution in [-0.2, 0) is 4.79 Å². The highest BCUT2D eigenvalue weighted by molar-refractivity contribution is 7.99. The first kappa shape index (κ1) is 23.9. The Hall–Kier alpha value is -3.27. The Bertz CT molecular complexity index is 1120. The molecule has 9 nitrogen and oxygen atoms in total. The van der Waals surface area contributed by atoms with Gasteiger partial charge in [-0.05, 0) is 62.7 Å². The number of benzene rings is 1. The Balaban J connectivity index is 1.55. The van der Waals surface area contributed by atoms with Crippen molar-refractivity contribution in [3.05, 3.63) is 36.0 Å². The molecule has 0 atom stereocenters. The molecular weight excluding hydrogens is 450 g/mol. The first-order valence-corrected chi connectivity index (χ1v) is 12.3. The first-order valence-electron chi connectivity index (χ1n) is 11.5. The molecule has 1 aromatic carbocycles. The monoisotopic (exact) mass is 481 g/mol. The number of nitrogens with one attached hydrogen (secondary N) is 3. The number of carbonyl (C=O) groups excluding carboxylic acids is 1. The second-order valence-electron chi connectivity index (χ2n) is 8.49. The summed E-state index contributed by atoms with van der Waals surface area (Å²) in [5.41, 5.74) is 1.75. The summed E-state index contributed by atoms with van der Waals surface area (Å²) < 4.78 is 5.89. The molecule has 0 radical (unpaired) electrons. The summed E-state index contributed by atoms with van der Waals surface area (Å²) in [6.45, 7) is 4.35. The van der Waals surface area contributed by atoms with Crippen LogP contribution in [0.15, 0.2) is 40.4 Å². The predicted octanol–water partition coefficient (Wildman–Crippen LogP) is 5.00. The van der Waals surface area contributed by atoms with Crippen molar-refractivity contribution in [1.29, 1.82) is 0 Å². The predicted molar refractivity (Wildman–Crippen MR) is 135 cm³/mol. The molecule has 2 heterocycles. The number of nitrogens with zero attached hydrogens (tertiary/aromatic N) is 4. The molecule has 1 fully saturated rings. The maximum atomic E-state index is 12.4. The molecule has 4 rings (SSSR count). The number of aromatic nitrogens is 4. The third-order valence-corrected chi connectivity index (χ3v) is 6.42. The van der Waals surface area contributed by atoms with Crippen LogP contribution >= 0.6 is 11.8 Å². The third kappa shape index (κ3) is 5.80. The van der Waals surface area contributed by atoms with Crippen LogP contribution in [0.1, 0.15) is 38.3 Å². The van der Waals surface area contributed by atoms with Gasteiger partial charge in [-0.15, -0.1) is 0 Å². The summed E-state index contributed by atoms with van der Waals surface area (Å²) in [4.78, 5) is 24.7. The summed E-state index contributed by atoms with van der Waals surface area (Å²) in [7, 11) is 3.84. The van der Waals surface area contributed by atoms with Gasteiger partial charge in [0.15, 0.2) is 22.6 Å². The zero-order valence-electron chi connectivity index (χ0n) is 20.0. The lowest BCUT2D eigenvalue weighted by molar-refractivity contribution is -0.119. The topological polar surface area (TPSA) is 108 Å².